The number of hydrogen-bond donors (Lipinski definition) is 1. The van der Waals surface area contributed by atoms with Gasteiger partial charge in [0.1, 0.15) is 0 Å². The Kier molecular flexibility index (Phi) is 2.86. The van der Waals surface area contributed by atoms with Crippen LogP contribution < -0.4 is 5.32 Å². The van der Waals surface area contributed by atoms with Crippen LogP contribution in [0.15, 0.2) is 24.3 Å². The summed E-state index contributed by atoms with van der Waals surface area (Å²) >= 11 is 0. The third-order valence-corrected chi connectivity index (χ3v) is 2.80. The Morgan fingerprint density at radius 2 is 1.93 bits per heavy atom. The molecule has 0 heterocycles. The van der Waals surface area contributed by atoms with E-state index in [-0.39, 0.29) is 0 Å². The predicted molar refractivity (Wildman–Crippen MR) is 59.0 cm³/mol. The van der Waals surface area contributed by atoms with E-state index in [2.05, 4.69) is 35.5 Å². The van der Waals surface area contributed by atoms with Crippen molar-refractivity contribution >= 4 is 0 Å². The van der Waals surface area contributed by atoms with Crippen molar-refractivity contribution in [2.75, 3.05) is 13.1 Å². The van der Waals surface area contributed by atoms with Crippen molar-refractivity contribution < 1.29 is 0 Å². The summed E-state index contributed by atoms with van der Waals surface area (Å²) in [5.41, 5.74) is 3.03. The van der Waals surface area contributed by atoms with Gasteiger partial charge in [-0.15, -0.1) is 6.42 Å². The first-order valence-corrected chi connectivity index (χ1v) is 5.11. The summed E-state index contributed by atoms with van der Waals surface area (Å²) < 4.78 is 0. The molecule has 0 amide bonds. The highest BCUT2D eigenvalue weighted by atomic mass is 14.8. The first-order chi connectivity index (χ1) is 6.90. The fraction of sp³-hybridized carbons (Fsp3) is 0.385. The molecule has 1 nitrogen and oxygen atoms in total. The lowest BCUT2D eigenvalue weighted by Crippen LogP contribution is -2.23. The molecule has 0 fully saturated rings. The molecule has 1 aliphatic carbocycles. The van der Waals surface area contributed by atoms with Gasteiger partial charge in [0.15, 0.2) is 0 Å². The van der Waals surface area contributed by atoms with Crippen LogP contribution in [-0.4, -0.2) is 13.1 Å². The third kappa shape index (κ3) is 1.97. The summed E-state index contributed by atoms with van der Waals surface area (Å²) in [5.74, 6) is 3.34. The summed E-state index contributed by atoms with van der Waals surface area (Å²) in [6.07, 6.45) is 7.59. The predicted octanol–water partition coefficient (Wildman–Crippen LogP) is 1.62. The molecule has 0 bridgehead atoms. The minimum Gasteiger partial charge on any atom is -0.306 e. The van der Waals surface area contributed by atoms with Gasteiger partial charge in [0.25, 0.3) is 0 Å². The van der Waals surface area contributed by atoms with Crippen LogP contribution in [0.2, 0.25) is 0 Å². The zero-order chi connectivity index (χ0) is 9.80. The van der Waals surface area contributed by atoms with E-state index in [1.54, 1.807) is 0 Å². The van der Waals surface area contributed by atoms with Gasteiger partial charge in [-0.25, -0.2) is 0 Å². The van der Waals surface area contributed by atoms with Crippen LogP contribution in [0.3, 0.4) is 0 Å². The number of nitrogens with one attached hydrogen (secondary N) is 1. The van der Waals surface area contributed by atoms with Crippen molar-refractivity contribution in [3.05, 3.63) is 35.4 Å². The maximum atomic E-state index is 5.18. The molecule has 0 atom stereocenters. The van der Waals surface area contributed by atoms with Crippen molar-refractivity contribution in [1.82, 2.24) is 5.32 Å². The fourth-order valence-electron chi connectivity index (χ4n) is 2.14. The molecule has 0 saturated carbocycles. The molecule has 0 radical (unpaired) electrons. The molecular weight excluding hydrogens is 170 g/mol. The van der Waals surface area contributed by atoms with E-state index in [9.17, 15) is 0 Å². The molecule has 0 saturated heterocycles. The standard InChI is InChI=1S/C13H15N/c1-2-7-14-10-11-8-12-5-3-4-6-13(12)9-11/h1,3-6,11,14H,7-10H2. The first-order valence-electron chi connectivity index (χ1n) is 5.11. The van der Waals surface area contributed by atoms with Gasteiger partial charge in [-0.05, 0) is 36.4 Å². The second-order valence-corrected chi connectivity index (χ2v) is 3.88. The highest BCUT2D eigenvalue weighted by Crippen LogP contribution is 2.25. The third-order valence-electron chi connectivity index (χ3n) is 2.80. The maximum absolute atomic E-state index is 5.18. The van der Waals surface area contributed by atoms with Crippen LogP contribution >= 0.6 is 0 Å². The van der Waals surface area contributed by atoms with E-state index < -0.39 is 0 Å². The molecule has 0 aliphatic heterocycles. The highest BCUT2D eigenvalue weighted by Gasteiger charge is 2.19. The van der Waals surface area contributed by atoms with E-state index in [1.807, 2.05) is 0 Å². The van der Waals surface area contributed by atoms with E-state index in [0.717, 1.165) is 12.5 Å². The lowest BCUT2D eigenvalue weighted by atomic mass is 10.1. The van der Waals surface area contributed by atoms with Crippen molar-refractivity contribution in [1.29, 1.82) is 0 Å². The fourth-order valence-corrected chi connectivity index (χ4v) is 2.14. The molecule has 1 aromatic rings. The van der Waals surface area contributed by atoms with E-state index in [1.165, 1.54) is 24.0 Å². The largest absolute Gasteiger partial charge is 0.306 e. The van der Waals surface area contributed by atoms with Crippen molar-refractivity contribution in [3.8, 4) is 12.3 Å². The zero-order valence-electron chi connectivity index (χ0n) is 8.29. The average Bonchev–Trinajstić information content (AvgIpc) is 2.60. The van der Waals surface area contributed by atoms with Crippen molar-refractivity contribution in [2.45, 2.75) is 12.8 Å². The summed E-state index contributed by atoms with van der Waals surface area (Å²) in [6.45, 7) is 1.73. The molecule has 0 aromatic heterocycles. The quantitative estimate of drug-likeness (QED) is 0.557. The SMILES string of the molecule is C#CCNCC1Cc2ccccc2C1. The van der Waals surface area contributed by atoms with Gasteiger partial charge in [-0.1, -0.05) is 30.2 Å². The van der Waals surface area contributed by atoms with Gasteiger partial charge in [0, 0.05) is 0 Å². The molecule has 2 rings (SSSR count). The van der Waals surface area contributed by atoms with Crippen LogP contribution in [0.4, 0.5) is 0 Å². The van der Waals surface area contributed by atoms with Crippen LogP contribution in [0.1, 0.15) is 11.1 Å². The van der Waals surface area contributed by atoms with Crippen LogP contribution in [-0.2, 0) is 12.8 Å². The molecule has 1 aromatic carbocycles. The van der Waals surface area contributed by atoms with Gasteiger partial charge in [-0.3, -0.25) is 0 Å². The number of hydrogen-bond acceptors (Lipinski definition) is 1. The molecule has 0 unspecified atom stereocenters. The minimum absolute atomic E-state index is 0.687. The van der Waals surface area contributed by atoms with Gasteiger partial charge < -0.3 is 5.32 Å². The Morgan fingerprint density at radius 3 is 2.50 bits per heavy atom. The van der Waals surface area contributed by atoms with E-state index >= 15 is 0 Å². The van der Waals surface area contributed by atoms with Gasteiger partial charge in [0.05, 0.1) is 6.54 Å². The molecule has 1 aliphatic rings. The van der Waals surface area contributed by atoms with Crippen LogP contribution in [0.25, 0.3) is 0 Å². The Bertz CT molecular complexity index is 323. The second-order valence-electron chi connectivity index (χ2n) is 3.88. The monoisotopic (exact) mass is 185 g/mol. The average molecular weight is 185 g/mol. The Hall–Kier alpha value is -1.26. The second kappa shape index (κ2) is 4.30. The summed E-state index contributed by atoms with van der Waals surface area (Å²) in [6, 6.07) is 8.71. The Morgan fingerprint density at radius 1 is 1.29 bits per heavy atom. The smallest absolute Gasteiger partial charge is 0.0573 e. The van der Waals surface area contributed by atoms with E-state index in [0.29, 0.717) is 6.54 Å². The Balaban J connectivity index is 1.89. The van der Waals surface area contributed by atoms with Crippen LogP contribution in [0, 0.1) is 18.3 Å². The summed E-state index contributed by atoms with van der Waals surface area (Å²) in [4.78, 5) is 0. The normalized spacial score (nSPS) is 15.1. The van der Waals surface area contributed by atoms with Gasteiger partial charge >= 0.3 is 0 Å². The Labute approximate surface area is 85.5 Å². The van der Waals surface area contributed by atoms with Gasteiger partial charge in [0.2, 0.25) is 0 Å². The van der Waals surface area contributed by atoms with E-state index in [4.69, 9.17) is 6.42 Å². The number of benzene rings is 1. The molecule has 1 heteroatoms. The molecule has 72 valence electrons. The summed E-state index contributed by atoms with van der Waals surface area (Å²) in [5, 5.41) is 3.28. The van der Waals surface area contributed by atoms with Crippen molar-refractivity contribution in [3.63, 3.8) is 0 Å². The lowest BCUT2D eigenvalue weighted by Gasteiger charge is -2.07. The molecular formula is C13H15N. The van der Waals surface area contributed by atoms with Crippen molar-refractivity contribution in [2.24, 2.45) is 5.92 Å². The maximum Gasteiger partial charge on any atom is 0.0573 e. The zero-order valence-corrected chi connectivity index (χ0v) is 8.29. The molecule has 14 heavy (non-hydrogen) atoms. The van der Waals surface area contributed by atoms with Crippen LogP contribution in [0.5, 0.6) is 0 Å². The number of fused-ring (bicyclic) bond motifs is 1. The topological polar surface area (TPSA) is 12.0 Å². The number of terminal acetylenes is 1. The number of rotatable bonds is 3. The summed E-state index contributed by atoms with van der Waals surface area (Å²) in [7, 11) is 0. The van der Waals surface area contributed by atoms with Gasteiger partial charge in [-0.2, -0.15) is 0 Å². The molecule has 0 spiro atoms. The highest BCUT2D eigenvalue weighted by molar-refractivity contribution is 5.32. The molecule has 1 N–H and O–H groups in total. The first kappa shape index (κ1) is 9.30. The lowest BCUT2D eigenvalue weighted by molar-refractivity contribution is 0.517. The minimum atomic E-state index is 0.687.